The third kappa shape index (κ3) is 3.25. The summed E-state index contributed by atoms with van der Waals surface area (Å²) in [4.78, 5) is 25.7. The lowest BCUT2D eigenvalue weighted by molar-refractivity contribution is -0.123. The van der Waals surface area contributed by atoms with Gasteiger partial charge in [-0.15, -0.1) is 0 Å². The number of carbonyl (C=O) groups excluding carboxylic acids is 2. The maximum atomic E-state index is 12.4. The van der Waals surface area contributed by atoms with Crippen LogP contribution in [-0.2, 0) is 4.79 Å². The number of piperidine rings is 1. The van der Waals surface area contributed by atoms with Gasteiger partial charge in [0, 0.05) is 11.5 Å². The van der Waals surface area contributed by atoms with E-state index in [-0.39, 0.29) is 23.7 Å². The van der Waals surface area contributed by atoms with Crippen LogP contribution in [0.25, 0.3) is 0 Å². The van der Waals surface area contributed by atoms with Crippen molar-refractivity contribution in [1.82, 2.24) is 4.90 Å². The summed E-state index contributed by atoms with van der Waals surface area (Å²) in [5.74, 6) is -0.113. The summed E-state index contributed by atoms with van der Waals surface area (Å²) in [7, 11) is 0. The topological polar surface area (TPSA) is 63.4 Å². The number of likely N-dealkylation sites (tertiary alicyclic amines) is 1. The van der Waals surface area contributed by atoms with Crippen molar-refractivity contribution >= 4 is 11.7 Å². The lowest BCUT2D eigenvalue weighted by Crippen LogP contribution is -2.46. The molecule has 1 heterocycles. The molecular weight excluding hydrogens is 252 g/mol. The normalized spacial score (nSPS) is 18.7. The monoisotopic (exact) mass is 274 g/mol. The van der Waals surface area contributed by atoms with E-state index < -0.39 is 0 Å². The summed E-state index contributed by atoms with van der Waals surface area (Å²) >= 11 is 0. The van der Waals surface area contributed by atoms with E-state index in [0.29, 0.717) is 0 Å². The van der Waals surface area contributed by atoms with Gasteiger partial charge in [0.25, 0.3) is 0 Å². The summed E-state index contributed by atoms with van der Waals surface area (Å²) < 4.78 is 0. The van der Waals surface area contributed by atoms with E-state index in [9.17, 15) is 9.59 Å². The highest BCUT2D eigenvalue weighted by atomic mass is 16.1. The Kier molecular flexibility index (Phi) is 4.55. The molecule has 0 spiro atoms. The summed E-state index contributed by atoms with van der Waals surface area (Å²) in [5, 5.41) is 0. The van der Waals surface area contributed by atoms with Gasteiger partial charge < -0.3 is 5.73 Å². The Morgan fingerprint density at radius 1 is 1.20 bits per heavy atom. The first-order valence-corrected chi connectivity index (χ1v) is 7.13. The Labute approximate surface area is 119 Å². The highest BCUT2D eigenvalue weighted by molar-refractivity contribution is 5.99. The van der Waals surface area contributed by atoms with Gasteiger partial charge in [-0.05, 0) is 39.8 Å². The molecule has 1 saturated heterocycles. The molecule has 20 heavy (non-hydrogen) atoms. The van der Waals surface area contributed by atoms with Crippen LogP contribution in [0.1, 0.15) is 35.7 Å². The molecule has 4 heteroatoms. The average molecular weight is 274 g/mol. The van der Waals surface area contributed by atoms with Gasteiger partial charge in [-0.25, -0.2) is 0 Å². The minimum Gasteiger partial charge on any atom is -0.369 e. The maximum absolute atomic E-state index is 12.4. The van der Waals surface area contributed by atoms with Gasteiger partial charge in [-0.3, -0.25) is 14.5 Å². The van der Waals surface area contributed by atoms with Crippen molar-refractivity contribution in [3.05, 3.63) is 35.4 Å². The molecule has 0 bridgehead atoms. The Morgan fingerprint density at radius 2 is 1.75 bits per heavy atom. The number of primary amides is 1. The molecule has 1 aliphatic rings. The number of nitrogens with zero attached hydrogens (tertiary/aromatic N) is 1. The minimum absolute atomic E-state index is 0.0343. The number of hydrogen-bond acceptors (Lipinski definition) is 3. The number of carbonyl (C=O) groups is 2. The predicted octanol–water partition coefficient (Wildman–Crippen LogP) is 1.76. The molecule has 1 fully saturated rings. The molecule has 0 aliphatic carbocycles. The van der Waals surface area contributed by atoms with Crippen LogP contribution in [0.4, 0.5) is 0 Å². The molecule has 1 atom stereocenters. The van der Waals surface area contributed by atoms with Crippen LogP contribution < -0.4 is 5.73 Å². The molecule has 0 aromatic heterocycles. The Balaban J connectivity index is 1.98. The van der Waals surface area contributed by atoms with Crippen LogP contribution in [0.2, 0.25) is 0 Å². The number of ketones is 1. The van der Waals surface area contributed by atoms with Gasteiger partial charge in [0.2, 0.25) is 5.91 Å². The summed E-state index contributed by atoms with van der Waals surface area (Å²) in [5.41, 5.74) is 7.23. The third-order valence-electron chi connectivity index (χ3n) is 4.20. The summed E-state index contributed by atoms with van der Waals surface area (Å²) in [6.07, 6.45) is 1.50. The maximum Gasteiger partial charge on any atom is 0.220 e. The molecule has 108 valence electrons. The van der Waals surface area contributed by atoms with Gasteiger partial charge >= 0.3 is 0 Å². The first-order chi connectivity index (χ1) is 9.49. The molecule has 2 rings (SSSR count). The fourth-order valence-corrected chi connectivity index (χ4v) is 2.70. The fraction of sp³-hybridized carbons (Fsp3) is 0.500. The molecule has 0 radical (unpaired) electrons. The Bertz CT molecular complexity index is 488. The fourth-order valence-electron chi connectivity index (χ4n) is 2.70. The van der Waals surface area contributed by atoms with Crippen LogP contribution in [0.15, 0.2) is 24.3 Å². The average Bonchev–Trinajstić information content (AvgIpc) is 2.46. The first-order valence-electron chi connectivity index (χ1n) is 7.13. The molecule has 1 amide bonds. The van der Waals surface area contributed by atoms with Gasteiger partial charge in [-0.2, -0.15) is 0 Å². The highest BCUT2D eigenvalue weighted by Crippen LogP contribution is 2.20. The number of aryl methyl sites for hydroxylation is 1. The largest absolute Gasteiger partial charge is 0.369 e. The molecule has 2 N–H and O–H groups in total. The lowest BCUT2D eigenvalue weighted by Gasteiger charge is -2.34. The second kappa shape index (κ2) is 6.18. The van der Waals surface area contributed by atoms with Gasteiger partial charge in [-0.1, -0.05) is 29.8 Å². The van der Waals surface area contributed by atoms with Crippen molar-refractivity contribution in [2.75, 3.05) is 13.1 Å². The van der Waals surface area contributed by atoms with Crippen LogP contribution in [0.5, 0.6) is 0 Å². The molecule has 1 unspecified atom stereocenters. The van der Waals surface area contributed by atoms with Crippen LogP contribution in [0.3, 0.4) is 0 Å². The van der Waals surface area contributed by atoms with Crippen molar-refractivity contribution < 1.29 is 9.59 Å². The number of rotatable bonds is 4. The van der Waals surface area contributed by atoms with Crippen molar-refractivity contribution in [3.8, 4) is 0 Å². The van der Waals surface area contributed by atoms with Gasteiger partial charge in [0.15, 0.2) is 5.78 Å². The number of benzene rings is 1. The zero-order valence-electron chi connectivity index (χ0n) is 12.1. The predicted molar refractivity (Wildman–Crippen MR) is 78.5 cm³/mol. The molecule has 1 aromatic rings. The van der Waals surface area contributed by atoms with Crippen molar-refractivity contribution in [1.29, 1.82) is 0 Å². The second-order valence-corrected chi connectivity index (χ2v) is 5.62. The lowest BCUT2D eigenvalue weighted by atomic mass is 9.94. The van der Waals surface area contributed by atoms with Crippen LogP contribution >= 0.6 is 0 Å². The van der Waals surface area contributed by atoms with E-state index in [1.807, 2.05) is 38.1 Å². The third-order valence-corrected chi connectivity index (χ3v) is 4.20. The van der Waals surface area contributed by atoms with E-state index in [1.165, 1.54) is 0 Å². The molecule has 0 saturated carbocycles. The molecule has 1 aliphatic heterocycles. The zero-order valence-corrected chi connectivity index (χ0v) is 12.1. The molecule has 4 nitrogen and oxygen atoms in total. The standard InChI is InChI=1S/C16H22N2O2/c1-11-3-5-13(6-4-11)15(19)12(2)18-9-7-14(8-10-18)16(17)20/h3-6,12,14H,7-10H2,1-2H3,(H2,17,20). The number of amides is 1. The summed E-state index contributed by atoms with van der Waals surface area (Å²) in [6, 6.07) is 7.53. The van der Waals surface area contributed by atoms with Crippen molar-refractivity contribution in [2.45, 2.75) is 32.7 Å². The van der Waals surface area contributed by atoms with Gasteiger partial charge in [0.05, 0.1) is 6.04 Å². The number of Topliss-reactive ketones (excluding diaryl/α,β-unsaturated/α-hetero) is 1. The zero-order chi connectivity index (χ0) is 14.7. The van der Waals surface area contributed by atoms with E-state index in [0.717, 1.165) is 37.1 Å². The molecular formula is C16H22N2O2. The van der Waals surface area contributed by atoms with Crippen molar-refractivity contribution in [3.63, 3.8) is 0 Å². The number of hydrogen-bond donors (Lipinski definition) is 1. The van der Waals surface area contributed by atoms with Gasteiger partial charge in [0.1, 0.15) is 0 Å². The Morgan fingerprint density at radius 3 is 2.25 bits per heavy atom. The van der Waals surface area contributed by atoms with E-state index in [4.69, 9.17) is 5.73 Å². The van der Waals surface area contributed by atoms with Crippen molar-refractivity contribution in [2.24, 2.45) is 11.7 Å². The van der Waals surface area contributed by atoms with Crippen LogP contribution in [0, 0.1) is 12.8 Å². The SMILES string of the molecule is Cc1ccc(C(=O)C(C)N2CCC(C(N)=O)CC2)cc1. The highest BCUT2D eigenvalue weighted by Gasteiger charge is 2.28. The first kappa shape index (κ1) is 14.7. The van der Waals surface area contributed by atoms with Crippen LogP contribution in [-0.4, -0.2) is 35.7 Å². The smallest absolute Gasteiger partial charge is 0.220 e. The van der Waals surface area contributed by atoms with E-state index in [2.05, 4.69) is 4.90 Å². The Hall–Kier alpha value is -1.68. The summed E-state index contributed by atoms with van der Waals surface area (Å²) in [6.45, 7) is 5.46. The quantitative estimate of drug-likeness (QED) is 0.851. The number of nitrogens with two attached hydrogens (primary N) is 1. The second-order valence-electron chi connectivity index (χ2n) is 5.62. The van der Waals surface area contributed by atoms with E-state index in [1.54, 1.807) is 0 Å². The van der Waals surface area contributed by atoms with E-state index >= 15 is 0 Å². The molecule has 1 aromatic carbocycles. The minimum atomic E-state index is -0.220.